The van der Waals surface area contributed by atoms with E-state index in [1.807, 2.05) is 49.4 Å². The maximum absolute atomic E-state index is 12.4. The Bertz CT molecular complexity index is 1050. The minimum Gasteiger partial charge on any atom is -0.331 e. The largest absolute Gasteiger partial charge is 0.331 e. The van der Waals surface area contributed by atoms with Crippen molar-refractivity contribution in [1.82, 2.24) is 15.5 Å². The van der Waals surface area contributed by atoms with E-state index in [2.05, 4.69) is 39.0 Å². The molecule has 1 aromatic heterocycles. The zero-order valence-electron chi connectivity index (χ0n) is 13.8. The summed E-state index contributed by atoms with van der Waals surface area (Å²) in [5.74, 6) is 0. The summed E-state index contributed by atoms with van der Waals surface area (Å²) in [6.45, 7) is 1.99. The summed E-state index contributed by atoms with van der Waals surface area (Å²) in [7, 11) is 0. The monoisotopic (exact) mass is 330 g/mol. The number of amides is 2. The molecule has 25 heavy (non-hydrogen) atoms. The minimum absolute atomic E-state index is 0.108. The highest BCUT2D eigenvalue weighted by molar-refractivity contribution is 5.93. The Balaban J connectivity index is 1.51. The topological polar surface area (TPSA) is 69.8 Å². The van der Waals surface area contributed by atoms with Gasteiger partial charge >= 0.3 is 6.03 Å². The van der Waals surface area contributed by atoms with E-state index in [0.29, 0.717) is 0 Å². The lowest BCUT2D eigenvalue weighted by Crippen LogP contribution is -2.31. The number of fused-ring (bicyclic) bond motifs is 2. The normalized spacial score (nSPS) is 12.2. The number of carbonyl (C=O) groups is 1. The predicted molar refractivity (Wildman–Crippen MR) is 101 cm³/mol. The Hall–Kier alpha value is -3.34. The van der Waals surface area contributed by atoms with Crippen molar-refractivity contribution in [2.75, 3.05) is 5.32 Å². The van der Waals surface area contributed by atoms with E-state index >= 15 is 0 Å². The summed E-state index contributed by atoms with van der Waals surface area (Å²) < 4.78 is 0. The van der Waals surface area contributed by atoms with Gasteiger partial charge in [0.05, 0.1) is 17.8 Å². The van der Waals surface area contributed by atoms with Crippen molar-refractivity contribution < 1.29 is 4.79 Å². The van der Waals surface area contributed by atoms with Crippen LogP contribution in [0, 0.1) is 0 Å². The molecule has 5 nitrogen and oxygen atoms in total. The van der Waals surface area contributed by atoms with Crippen molar-refractivity contribution in [3.05, 3.63) is 72.4 Å². The van der Waals surface area contributed by atoms with Crippen LogP contribution in [0.3, 0.4) is 0 Å². The molecule has 0 saturated carbocycles. The van der Waals surface area contributed by atoms with Crippen LogP contribution in [0.4, 0.5) is 10.5 Å². The maximum atomic E-state index is 12.4. The first-order valence-electron chi connectivity index (χ1n) is 8.19. The first-order valence-corrected chi connectivity index (χ1v) is 8.19. The molecule has 4 rings (SSSR count). The van der Waals surface area contributed by atoms with Crippen LogP contribution in [0.5, 0.6) is 0 Å². The van der Waals surface area contributed by atoms with Crippen LogP contribution < -0.4 is 10.6 Å². The smallest absolute Gasteiger partial charge is 0.319 e. The summed E-state index contributed by atoms with van der Waals surface area (Å²) in [6.07, 6.45) is 1.73. The molecule has 1 heterocycles. The van der Waals surface area contributed by atoms with Gasteiger partial charge < -0.3 is 10.6 Å². The lowest BCUT2D eigenvalue weighted by Gasteiger charge is -2.17. The van der Waals surface area contributed by atoms with Gasteiger partial charge in [0.25, 0.3) is 0 Å². The number of aromatic amines is 1. The molecule has 0 aliphatic carbocycles. The number of H-pyrrole nitrogens is 1. The number of carbonyl (C=O) groups excluding carboxylic acids is 1. The highest BCUT2D eigenvalue weighted by Crippen LogP contribution is 2.24. The fraction of sp³-hybridized carbons (Fsp3) is 0.100. The second kappa shape index (κ2) is 6.28. The SMILES string of the molecule is CC(NC(=O)Nc1ccc2[nH]ncc2c1)c1cccc2ccccc12. The molecule has 0 radical (unpaired) electrons. The van der Waals surface area contributed by atoms with Crippen LogP contribution in [0.2, 0.25) is 0 Å². The summed E-state index contributed by atoms with van der Waals surface area (Å²) in [6, 6.07) is 19.6. The third kappa shape index (κ3) is 3.04. The van der Waals surface area contributed by atoms with E-state index in [1.54, 1.807) is 6.20 Å². The first-order chi connectivity index (χ1) is 12.2. The van der Waals surface area contributed by atoms with Crippen molar-refractivity contribution in [3.8, 4) is 0 Å². The van der Waals surface area contributed by atoms with Gasteiger partial charge in [-0.1, -0.05) is 42.5 Å². The van der Waals surface area contributed by atoms with Gasteiger partial charge in [0.15, 0.2) is 0 Å². The number of rotatable bonds is 3. The van der Waals surface area contributed by atoms with Crippen molar-refractivity contribution >= 4 is 33.4 Å². The van der Waals surface area contributed by atoms with Gasteiger partial charge in [-0.25, -0.2) is 4.79 Å². The summed E-state index contributed by atoms with van der Waals surface area (Å²) in [5, 5.41) is 16.0. The van der Waals surface area contributed by atoms with Gasteiger partial charge in [-0.05, 0) is 41.5 Å². The standard InChI is InChI=1S/C20H18N4O/c1-13(17-8-4-6-14-5-2-3-7-18(14)17)22-20(25)23-16-9-10-19-15(11-16)12-21-24-19/h2-13H,1H3,(H,21,24)(H2,22,23,25). The number of anilines is 1. The van der Waals surface area contributed by atoms with Crippen molar-refractivity contribution in [2.24, 2.45) is 0 Å². The molecule has 0 spiro atoms. The van der Waals surface area contributed by atoms with E-state index in [-0.39, 0.29) is 12.1 Å². The Morgan fingerprint density at radius 1 is 1.04 bits per heavy atom. The van der Waals surface area contributed by atoms with Crippen LogP contribution in [0.15, 0.2) is 66.9 Å². The first kappa shape index (κ1) is 15.2. The van der Waals surface area contributed by atoms with Crippen LogP contribution in [-0.2, 0) is 0 Å². The minimum atomic E-state index is -0.233. The van der Waals surface area contributed by atoms with E-state index in [9.17, 15) is 4.79 Å². The van der Waals surface area contributed by atoms with E-state index in [4.69, 9.17) is 0 Å². The molecule has 0 aliphatic rings. The van der Waals surface area contributed by atoms with Crippen LogP contribution >= 0.6 is 0 Å². The fourth-order valence-corrected chi connectivity index (χ4v) is 3.09. The van der Waals surface area contributed by atoms with Gasteiger partial charge in [-0.15, -0.1) is 0 Å². The molecule has 4 aromatic rings. The molecule has 1 atom stereocenters. The average molecular weight is 330 g/mol. The third-order valence-corrected chi connectivity index (χ3v) is 4.34. The lowest BCUT2D eigenvalue weighted by atomic mass is 10.00. The molecule has 0 bridgehead atoms. The van der Waals surface area contributed by atoms with Gasteiger partial charge in [0.2, 0.25) is 0 Å². The van der Waals surface area contributed by atoms with E-state index in [0.717, 1.165) is 27.5 Å². The molecule has 5 heteroatoms. The number of urea groups is 1. The zero-order valence-corrected chi connectivity index (χ0v) is 13.8. The average Bonchev–Trinajstić information content (AvgIpc) is 3.08. The second-order valence-electron chi connectivity index (χ2n) is 6.06. The molecule has 3 N–H and O–H groups in total. The predicted octanol–water partition coefficient (Wildman–Crippen LogP) is 4.60. The molecule has 124 valence electrons. The van der Waals surface area contributed by atoms with Crippen LogP contribution in [0.1, 0.15) is 18.5 Å². The number of aromatic nitrogens is 2. The van der Waals surface area contributed by atoms with Gasteiger partial charge in [-0.3, -0.25) is 5.10 Å². The molecule has 2 amide bonds. The lowest BCUT2D eigenvalue weighted by molar-refractivity contribution is 0.249. The van der Waals surface area contributed by atoms with Gasteiger partial charge in [0, 0.05) is 11.1 Å². The van der Waals surface area contributed by atoms with Gasteiger partial charge in [0.1, 0.15) is 0 Å². The highest BCUT2D eigenvalue weighted by Gasteiger charge is 2.12. The van der Waals surface area contributed by atoms with Crippen LogP contribution in [-0.4, -0.2) is 16.2 Å². The number of hydrogen-bond acceptors (Lipinski definition) is 2. The second-order valence-corrected chi connectivity index (χ2v) is 6.06. The molecular weight excluding hydrogens is 312 g/mol. The summed E-state index contributed by atoms with van der Waals surface area (Å²) >= 11 is 0. The molecule has 0 fully saturated rings. The highest BCUT2D eigenvalue weighted by atomic mass is 16.2. The van der Waals surface area contributed by atoms with Crippen molar-refractivity contribution in [1.29, 1.82) is 0 Å². The Morgan fingerprint density at radius 2 is 1.88 bits per heavy atom. The molecule has 1 unspecified atom stereocenters. The Labute approximate surface area is 145 Å². The van der Waals surface area contributed by atoms with Gasteiger partial charge in [-0.2, -0.15) is 5.10 Å². The fourth-order valence-electron chi connectivity index (χ4n) is 3.09. The molecule has 0 aliphatic heterocycles. The third-order valence-electron chi connectivity index (χ3n) is 4.34. The molecule has 3 aromatic carbocycles. The Kier molecular flexibility index (Phi) is 3.82. The number of nitrogens with one attached hydrogen (secondary N) is 3. The van der Waals surface area contributed by atoms with Crippen molar-refractivity contribution in [2.45, 2.75) is 13.0 Å². The maximum Gasteiger partial charge on any atom is 0.319 e. The Morgan fingerprint density at radius 3 is 2.80 bits per heavy atom. The quantitative estimate of drug-likeness (QED) is 0.514. The molecule has 0 saturated heterocycles. The molecular formula is C20H18N4O. The van der Waals surface area contributed by atoms with E-state index < -0.39 is 0 Å². The number of benzene rings is 3. The van der Waals surface area contributed by atoms with Crippen molar-refractivity contribution in [3.63, 3.8) is 0 Å². The summed E-state index contributed by atoms with van der Waals surface area (Å²) in [4.78, 5) is 12.4. The van der Waals surface area contributed by atoms with Crippen LogP contribution in [0.25, 0.3) is 21.7 Å². The number of nitrogens with zero attached hydrogens (tertiary/aromatic N) is 1. The van der Waals surface area contributed by atoms with E-state index in [1.165, 1.54) is 5.39 Å². The number of hydrogen-bond donors (Lipinski definition) is 3. The zero-order chi connectivity index (χ0) is 17.2. The summed E-state index contributed by atoms with van der Waals surface area (Å²) in [5.41, 5.74) is 2.77.